The third-order valence-corrected chi connectivity index (χ3v) is 5.48. The van der Waals surface area contributed by atoms with Gasteiger partial charge in [-0.2, -0.15) is 0 Å². The lowest BCUT2D eigenvalue weighted by atomic mass is 9.85. The minimum absolute atomic E-state index is 0.124. The van der Waals surface area contributed by atoms with Gasteiger partial charge in [0.2, 0.25) is 10.0 Å². The van der Waals surface area contributed by atoms with E-state index < -0.39 is 27.4 Å². The Morgan fingerprint density at radius 1 is 1.25 bits per heavy atom. The molecule has 6 heteroatoms. The van der Waals surface area contributed by atoms with Crippen molar-refractivity contribution in [3.8, 4) is 0 Å². The molecule has 0 bridgehead atoms. The van der Waals surface area contributed by atoms with Gasteiger partial charge in [-0.15, -0.1) is 0 Å². The van der Waals surface area contributed by atoms with Crippen LogP contribution < -0.4 is 4.72 Å². The molecule has 0 spiro atoms. The Labute approximate surface area is 122 Å². The van der Waals surface area contributed by atoms with Gasteiger partial charge >= 0.3 is 5.97 Å². The molecule has 118 valence electrons. The Balaban J connectivity index is 2.67. The summed E-state index contributed by atoms with van der Waals surface area (Å²) in [6.07, 6.45) is 5.11. The van der Waals surface area contributed by atoms with Gasteiger partial charge in [-0.05, 0) is 24.2 Å². The van der Waals surface area contributed by atoms with E-state index in [1.54, 1.807) is 0 Å². The van der Waals surface area contributed by atoms with Gasteiger partial charge in [0.15, 0.2) is 0 Å². The normalized spacial score (nSPS) is 19.8. The molecule has 2 N–H and O–H groups in total. The Bertz CT molecular complexity index is 419. The molecule has 5 nitrogen and oxygen atoms in total. The highest BCUT2D eigenvalue weighted by Gasteiger charge is 2.32. The van der Waals surface area contributed by atoms with Crippen LogP contribution >= 0.6 is 0 Å². The first kappa shape index (κ1) is 17.4. The summed E-state index contributed by atoms with van der Waals surface area (Å²) >= 11 is 0. The van der Waals surface area contributed by atoms with Crippen LogP contribution in [0.1, 0.15) is 59.3 Å². The third-order valence-electron chi connectivity index (χ3n) is 3.93. The van der Waals surface area contributed by atoms with Crippen LogP contribution in [0.25, 0.3) is 0 Å². The fourth-order valence-electron chi connectivity index (χ4n) is 2.63. The van der Waals surface area contributed by atoms with Crippen molar-refractivity contribution >= 4 is 16.0 Å². The molecule has 1 unspecified atom stereocenters. The Morgan fingerprint density at radius 3 is 2.25 bits per heavy atom. The van der Waals surface area contributed by atoms with E-state index in [1.807, 2.05) is 20.8 Å². The number of hydrogen-bond donors (Lipinski definition) is 2. The summed E-state index contributed by atoms with van der Waals surface area (Å²) in [7, 11) is -3.42. The van der Waals surface area contributed by atoms with Gasteiger partial charge in [0, 0.05) is 6.04 Å². The van der Waals surface area contributed by atoms with Gasteiger partial charge in [0.1, 0.15) is 0 Å². The molecule has 0 radical (unpaired) electrons. The molecule has 0 aromatic carbocycles. The second-order valence-electron chi connectivity index (χ2n) is 6.92. The summed E-state index contributed by atoms with van der Waals surface area (Å²) in [5.41, 5.74) is -0.419. The molecule has 0 saturated heterocycles. The first-order valence-corrected chi connectivity index (χ1v) is 8.97. The predicted molar refractivity (Wildman–Crippen MR) is 79.0 cm³/mol. The van der Waals surface area contributed by atoms with E-state index in [1.165, 1.54) is 6.42 Å². The average Bonchev–Trinajstić information content (AvgIpc) is 2.26. The van der Waals surface area contributed by atoms with Crippen molar-refractivity contribution in [3.63, 3.8) is 0 Å². The van der Waals surface area contributed by atoms with E-state index in [2.05, 4.69) is 4.72 Å². The molecular weight excluding hydrogens is 278 g/mol. The van der Waals surface area contributed by atoms with Gasteiger partial charge in [-0.3, -0.25) is 4.79 Å². The quantitative estimate of drug-likeness (QED) is 0.789. The fourth-order valence-corrected chi connectivity index (χ4v) is 4.55. The maximum atomic E-state index is 12.2. The van der Waals surface area contributed by atoms with Crippen molar-refractivity contribution in [2.24, 2.45) is 11.3 Å². The topological polar surface area (TPSA) is 83.5 Å². The lowest BCUT2D eigenvalue weighted by Crippen LogP contribution is -2.46. The minimum atomic E-state index is -3.42. The number of hydrogen-bond acceptors (Lipinski definition) is 3. The van der Waals surface area contributed by atoms with Gasteiger partial charge in [0.05, 0.1) is 12.2 Å². The van der Waals surface area contributed by atoms with E-state index in [4.69, 9.17) is 5.11 Å². The summed E-state index contributed by atoms with van der Waals surface area (Å²) in [6.45, 7) is 5.55. The van der Waals surface area contributed by atoms with Gasteiger partial charge in [0.25, 0.3) is 0 Å². The zero-order chi connectivity index (χ0) is 15.4. The van der Waals surface area contributed by atoms with Crippen molar-refractivity contribution in [3.05, 3.63) is 0 Å². The highest BCUT2D eigenvalue weighted by atomic mass is 32.2. The molecule has 1 saturated carbocycles. The molecule has 1 rings (SSSR count). The highest BCUT2D eigenvalue weighted by Crippen LogP contribution is 2.26. The van der Waals surface area contributed by atoms with Crippen LogP contribution in [-0.2, 0) is 14.8 Å². The summed E-state index contributed by atoms with van der Waals surface area (Å²) in [5, 5.41) is 8.93. The minimum Gasteiger partial charge on any atom is -0.481 e. The molecule has 0 heterocycles. The summed E-state index contributed by atoms with van der Waals surface area (Å²) in [6, 6.07) is -0.575. The molecule has 0 aromatic rings. The summed E-state index contributed by atoms with van der Waals surface area (Å²) in [4.78, 5) is 10.9. The number of aliphatic carboxylic acids is 1. The smallest absolute Gasteiger partial charge is 0.304 e. The first-order chi connectivity index (χ1) is 9.10. The van der Waals surface area contributed by atoms with E-state index in [0.717, 1.165) is 25.7 Å². The number of carboxylic acids is 1. The van der Waals surface area contributed by atoms with Crippen molar-refractivity contribution < 1.29 is 18.3 Å². The van der Waals surface area contributed by atoms with Crippen LogP contribution in [0.5, 0.6) is 0 Å². The standard InChI is InChI=1S/C14H27NO4S/c1-14(2,3)12(9-13(16)17)15-20(18,19)10-11-7-5-4-6-8-11/h11-12,15H,4-10H2,1-3H3,(H,16,17). The molecule has 1 fully saturated rings. The maximum absolute atomic E-state index is 12.2. The zero-order valence-corrected chi connectivity index (χ0v) is 13.5. The van der Waals surface area contributed by atoms with Crippen molar-refractivity contribution in [2.45, 2.75) is 65.3 Å². The number of sulfonamides is 1. The number of nitrogens with one attached hydrogen (secondary N) is 1. The summed E-state index contributed by atoms with van der Waals surface area (Å²) in [5.74, 6) is -0.642. The molecule has 1 aliphatic rings. The van der Waals surface area contributed by atoms with Crippen LogP contribution in [0, 0.1) is 11.3 Å². The Hall–Kier alpha value is -0.620. The lowest BCUT2D eigenvalue weighted by molar-refractivity contribution is -0.138. The molecule has 1 atom stereocenters. The number of carbonyl (C=O) groups is 1. The largest absolute Gasteiger partial charge is 0.481 e. The lowest BCUT2D eigenvalue weighted by Gasteiger charge is -2.31. The van der Waals surface area contributed by atoms with Gasteiger partial charge < -0.3 is 5.11 Å². The number of carboxylic acid groups (broad SMARTS) is 1. The first-order valence-electron chi connectivity index (χ1n) is 7.32. The second kappa shape index (κ2) is 6.89. The van der Waals surface area contributed by atoms with Gasteiger partial charge in [-0.25, -0.2) is 13.1 Å². The third kappa shape index (κ3) is 6.22. The monoisotopic (exact) mass is 305 g/mol. The zero-order valence-electron chi connectivity index (χ0n) is 12.7. The predicted octanol–water partition coefficient (Wildman–Crippen LogP) is 2.38. The highest BCUT2D eigenvalue weighted by molar-refractivity contribution is 7.89. The Kier molecular flexibility index (Phi) is 6.01. The van der Waals surface area contributed by atoms with E-state index >= 15 is 0 Å². The van der Waals surface area contributed by atoms with Crippen molar-refractivity contribution in [1.82, 2.24) is 4.72 Å². The van der Waals surface area contributed by atoms with Crippen LogP contribution in [0.4, 0.5) is 0 Å². The number of rotatable bonds is 6. The molecular formula is C14H27NO4S. The fraction of sp³-hybridized carbons (Fsp3) is 0.929. The van der Waals surface area contributed by atoms with Crippen molar-refractivity contribution in [2.75, 3.05) is 5.75 Å². The average molecular weight is 305 g/mol. The molecule has 0 amide bonds. The van der Waals surface area contributed by atoms with Crippen LogP contribution in [0.2, 0.25) is 0 Å². The maximum Gasteiger partial charge on any atom is 0.304 e. The molecule has 0 aliphatic heterocycles. The second-order valence-corrected chi connectivity index (χ2v) is 8.72. The van der Waals surface area contributed by atoms with Crippen LogP contribution in [0.3, 0.4) is 0 Å². The SMILES string of the molecule is CC(C)(C)C(CC(=O)O)NS(=O)(=O)CC1CCCCC1. The van der Waals surface area contributed by atoms with Crippen molar-refractivity contribution in [1.29, 1.82) is 0 Å². The molecule has 1 aliphatic carbocycles. The summed E-state index contributed by atoms with van der Waals surface area (Å²) < 4.78 is 27.1. The Morgan fingerprint density at radius 2 is 1.80 bits per heavy atom. The molecule has 0 aromatic heterocycles. The van der Waals surface area contributed by atoms with E-state index in [0.29, 0.717) is 0 Å². The van der Waals surface area contributed by atoms with E-state index in [-0.39, 0.29) is 18.1 Å². The van der Waals surface area contributed by atoms with E-state index in [9.17, 15) is 13.2 Å². The van der Waals surface area contributed by atoms with Crippen LogP contribution in [-0.4, -0.2) is 31.3 Å². The molecule has 20 heavy (non-hydrogen) atoms. The van der Waals surface area contributed by atoms with Gasteiger partial charge in [-0.1, -0.05) is 40.0 Å². The van der Waals surface area contributed by atoms with Crippen LogP contribution in [0.15, 0.2) is 0 Å².